The Morgan fingerprint density at radius 2 is 1.93 bits per heavy atom. The Hall–Kier alpha value is -1.92. The van der Waals surface area contributed by atoms with Crippen molar-refractivity contribution < 1.29 is 4.79 Å². The topological polar surface area (TPSA) is 63.1 Å². The Balaban J connectivity index is 0.00000210. The summed E-state index contributed by atoms with van der Waals surface area (Å²) in [5.74, 6) is 0.0427. The molecule has 1 aromatic heterocycles. The van der Waals surface area contributed by atoms with E-state index in [2.05, 4.69) is 39.9 Å². The van der Waals surface area contributed by atoms with E-state index in [1.807, 2.05) is 22.6 Å². The van der Waals surface area contributed by atoms with Crippen molar-refractivity contribution in [2.45, 2.75) is 51.1 Å². The van der Waals surface area contributed by atoms with Gasteiger partial charge in [0.25, 0.3) is 5.91 Å². The molecular formula is C20H28ClN5O. The van der Waals surface area contributed by atoms with Crippen LogP contribution in [0.2, 0.25) is 0 Å². The van der Waals surface area contributed by atoms with E-state index in [1.54, 1.807) is 0 Å². The number of rotatable bonds is 4. The second kappa shape index (κ2) is 8.85. The van der Waals surface area contributed by atoms with Crippen LogP contribution < -0.4 is 5.32 Å². The summed E-state index contributed by atoms with van der Waals surface area (Å²) in [6.07, 6.45) is 5.11. The van der Waals surface area contributed by atoms with Gasteiger partial charge in [-0.1, -0.05) is 35.5 Å². The molecule has 146 valence electrons. The molecule has 0 radical (unpaired) electrons. The predicted octanol–water partition coefficient (Wildman–Crippen LogP) is 2.78. The second-order valence-electron chi connectivity index (χ2n) is 7.43. The van der Waals surface area contributed by atoms with Gasteiger partial charge in [0.05, 0.1) is 11.7 Å². The van der Waals surface area contributed by atoms with Crippen LogP contribution in [0.5, 0.6) is 0 Å². The minimum absolute atomic E-state index is 0. The number of halogens is 1. The summed E-state index contributed by atoms with van der Waals surface area (Å²) in [5, 5.41) is 12.0. The molecule has 7 heteroatoms. The van der Waals surface area contributed by atoms with Gasteiger partial charge in [0.1, 0.15) is 0 Å². The van der Waals surface area contributed by atoms with Gasteiger partial charge in [0.2, 0.25) is 0 Å². The first kappa shape index (κ1) is 19.8. The zero-order valence-corrected chi connectivity index (χ0v) is 16.6. The maximum Gasteiger partial charge on any atom is 0.276 e. The van der Waals surface area contributed by atoms with Crippen LogP contribution >= 0.6 is 12.4 Å². The number of carbonyl (C=O) groups is 1. The van der Waals surface area contributed by atoms with E-state index in [9.17, 15) is 4.79 Å². The van der Waals surface area contributed by atoms with Crippen LogP contribution in [0, 0.1) is 6.92 Å². The number of amides is 1. The summed E-state index contributed by atoms with van der Waals surface area (Å²) in [7, 11) is 0. The van der Waals surface area contributed by atoms with Crippen molar-refractivity contribution in [3.05, 3.63) is 47.3 Å². The lowest BCUT2D eigenvalue weighted by molar-refractivity contribution is 0.0729. The van der Waals surface area contributed by atoms with E-state index in [4.69, 9.17) is 0 Å². The van der Waals surface area contributed by atoms with E-state index < -0.39 is 0 Å². The first-order valence-corrected chi connectivity index (χ1v) is 9.71. The quantitative estimate of drug-likeness (QED) is 0.873. The SMILES string of the molecule is Cc1c(C(=O)N2CCCC2Cc2ccccc2)nnn1C1CCNCC1.Cl. The monoisotopic (exact) mass is 389 g/mol. The lowest BCUT2D eigenvalue weighted by Gasteiger charge is -2.25. The van der Waals surface area contributed by atoms with Gasteiger partial charge in [0.15, 0.2) is 5.69 Å². The van der Waals surface area contributed by atoms with Gasteiger partial charge < -0.3 is 10.2 Å². The molecule has 1 atom stereocenters. The van der Waals surface area contributed by atoms with E-state index in [-0.39, 0.29) is 24.4 Å². The normalized spacial score (nSPS) is 20.5. The van der Waals surface area contributed by atoms with Gasteiger partial charge in [-0.3, -0.25) is 4.79 Å². The zero-order valence-electron chi connectivity index (χ0n) is 15.8. The van der Waals surface area contributed by atoms with Crippen molar-refractivity contribution in [1.29, 1.82) is 0 Å². The maximum absolute atomic E-state index is 13.2. The van der Waals surface area contributed by atoms with Crippen LogP contribution in [-0.2, 0) is 6.42 Å². The predicted molar refractivity (Wildman–Crippen MR) is 107 cm³/mol. The highest BCUT2D eigenvalue weighted by Crippen LogP contribution is 2.25. The molecule has 2 aromatic rings. The molecule has 3 heterocycles. The van der Waals surface area contributed by atoms with E-state index >= 15 is 0 Å². The van der Waals surface area contributed by atoms with Gasteiger partial charge in [-0.25, -0.2) is 4.68 Å². The Morgan fingerprint density at radius 1 is 1.19 bits per heavy atom. The molecule has 4 rings (SSSR count). The fraction of sp³-hybridized carbons (Fsp3) is 0.550. The second-order valence-corrected chi connectivity index (χ2v) is 7.43. The molecule has 27 heavy (non-hydrogen) atoms. The van der Waals surface area contributed by atoms with E-state index in [1.165, 1.54) is 5.56 Å². The molecule has 1 amide bonds. The van der Waals surface area contributed by atoms with Crippen molar-refractivity contribution >= 4 is 18.3 Å². The summed E-state index contributed by atoms with van der Waals surface area (Å²) >= 11 is 0. The Kier molecular flexibility index (Phi) is 6.50. The van der Waals surface area contributed by atoms with Crippen molar-refractivity contribution in [3.8, 4) is 0 Å². The minimum atomic E-state index is 0. The third kappa shape index (κ3) is 4.17. The van der Waals surface area contributed by atoms with Crippen molar-refractivity contribution in [2.75, 3.05) is 19.6 Å². The highest BCUT2D eigenvalue weighted by molar-refractivity contribution is 5.93. The van der Waals surface area contributed by atoms with Crippen LogP contribution in [0.25, 0.3) is 0 Å². The molecule has 2 aliphatic heterocycles. The molecule has 1 aromatic carbocycles. The number of aromatic nitrogens is 3. The third-order valence-corrected chi connectivity index (χ3v) is 5.74. The van der Waals surface area contributed by atoms with Crippen LogP contribution in [0.3, 0.4) is 0 Å². The van der Waals surface area contributed by atoms with Gasteiger partial charge in [0, 0.05) is 12.6 Å². The molecule has 2 aliphatic rings. The summed E-state index contributed by atoms with van der Waals surface area (Å²) in [6.45, 7) is 4.80. The Labute approximate surface area is 166 Å². The van der Waals surface area contributed by atoms with Crippen molar-refractivity contribution in [3.63, 3.8) is 0 Å². The average molecular weight is 390 g/mol. The molecule has 0 aliphatic carbocycles. The van der Waals surface area contributed by atoms with Crippen LogP contribution in [0.1, 0.15) is 53.5 Å². The van der Waals surface area contributed by atoms with Crippen LogP contribution in [0.4, 0.5) is 0 Å². The fourth-order valence-electron chi connectivity index (χ4n) is 4.27. The Morgan fingerprint density at radius 3 is 2.67 bits per heavy atom. The number of nitrogens with zero attached hydrogens (tertiary/aromatic N) is 4. The third-order valence-electron chi connectivity index (χ3n) is 5.74. The lowest BCUT2D eigenvalue weighted by Crippen LogP contribution is -2.37. The molecule has 6 nitrogen and oxygen atoms in total. The minimum Gasteiger partial charge on any atom is -0.334 e. The molecule has 0 bridgehead atoms. The summed E-state index contributed by atoms with van der Waals surface area (Å²) < 4.78 is 1.97. The number of benzene rings is 1. The van der Waals surface area contributed by atoms with E-state index in [0.717, 1.165) is 57.4 Å². The maximum atomic E-state index is 13.2. The molecule has 0 saturated carbocycles. The summed E-state index contributed by atoms with van der Waals surface area (Å²) in [5.41, 5.74) is 2.73. The largest absolute Gasteiger partial charge is 0.334 e. The van der Waals surface area contributed by atoms with Gasteiger partial charge >= 0.3 is 0 Å². The molecular weight excluding hydrogens is 362 g/mol. The number of likely N-dealkylation sites (tertiary alicyclic amines) is 1. The molecule has 0 spiro atoms. The molecule has 1 N–H and O–H groups in total. The lowest BCUT2D eigenvalue weighted by atomic mass is 10.0. The standard InChI is InChI=1S/C20H27N5O.ClH/c1-15-19(22-23-25(15)17-9-11-21-12-10-17)20(26)24-13-5-8-18(24)14-16-6-3-2-4-7-16;/h2-4,6-7,17-18,21H,5,8-14H2,1H3;1H. The van der Waals surface area contributed by atoms with Crippen LogP contribution in [-0.4, -0.2) is 51.5 Å². The molecule has 2 fully saturated rings. The fourth-order valence-corrected chi connectivity index (χ4v) is 4.27. The number of hydrogen-bond acceptors (Lipinski definition) is 4. The van der Waals surface area contributed by atoms with Gasteiger partial charge in [-0.15, -0.1) is 17.5 Å². The molecule has 2 saturated heterocycles. The molecule has 1 unspecified atom stereocenters. The summed E-state index contributed by atoms with van der Waals surface area (Å²) in [4.78, 5) is 15.2. The first-order chi connectivity index (χ1) is 12.7. The smallest absolute Gasteiger partial charge is 0.276 e. The summed E-state index contributed by atoms with van der Waals surface area (Å²) in [6, 6.07) is 11.0. The Bertz CT molecular complexity index is 757. The van der Waals surface area contributed by atoms with Crippen molar-refractivity contribution in [2.24, 2.45) is 0 Å². The number of hydrogen-bond donors (Lipinski definition) is 1. The average Bonchev–Trinajstić information content (AvgIpc) is 3.29. The highest BCUT2D eigenvalue weighted by Gasteiger charge is 2.33. The zero-order chi connectivity index (χ0) is 17.9. The number of nitrogens with one attached hydrogen (secondary N) is 1. The van der Waals surface area contributed by atoms with E-state index in [0.29, 0.717) is 11.7 Å². The van der Waals surface area contributed by atoms with Gasteiger partial charge in [-0.05, 0) is 57.7 Å². The number of piperidine rings is 1. The van der Waals surface area contributed by atoms with Crippen molar-refractivity contribution in [1.82, 2.24) is 25.2 Å². The number of carbonyl (C=O) groups excluding carboxylic acids is 1. The van der Waals surface area contributed by atoms with Gasteiger partial charge in [-0.2, -0.15) is 0 Å². The first-order valence-electron chi connectivity index (χ1n) is 9.71. The highest BCUT2D eigenvalue weighted by atomic mass is 35.5. The van der Waals surface area contributed by atoms with Crippen LogP contribution in [0.15, 0.2) is 30.3 Å².